The van der Waals surface area contributed by atoms with Gasteiger partial charge < -0.3 is 15.5 Å². The summed E-state index contributed by atoms with van der Waals surface area (Å²) in [6, 6.07) is 8.34. The van der Waals surface area contributed by atoms with E-state index in [0.29, 0.717) is 11.3 Å². The number of phenolic OH excluding ortho intramolecular Hbond substituents is 2. The maximum atomic E-state index is 10.6. The van der Waals surface area contributed by atoms with Gasteiger partial charge in [0.1, 0.15) is 11.5 Å². The number of hydrogen-bond donors (Lipinski definition) is 3. The Kier molecular flexibility index (Phi) is 3.95. The quantitative estimate of drug-likeness (QED) is 0.594. The number of halogens is 1. The number of nitro groups is 1. The maximum absolute atomic E-state index is 10.6. The SMILES string of the molecule is O=[N+]([O-])c1ccc(NCc2ccc(O)cc2O)c(Cl)c1. The zero-order chi connectivity index (χ0) is 14.7. The van der Waals surface area contributed by atoms with Gasteiger partial charge in [-0.25, -0.2) is 0 Å². The van der Waals surface area contributed by atoms with Crippen LogP contribution in [0.4, 0.5) is 11.4 Å². The Morgan fingerprint density at radius 3 is 2.55 bits per heavy atom. The van der Waals surface area contributed by atoms with Crippen molar-refractivity contribution in [1.82, 2.24) is 0 Å². The number of hydrogen-bond acceptors (Lipinski definition) is 5. The van der Waals surface area contributed by atoms with Crippen LogP contribution in [0.3, 0.4) is 0 Å². The number of benzene rings is 2. The van der Waals surface area contributed by atoms with Crippen LogP contribution in [0.2, 0.25) is 5.02 Å². The van der Waals surface area contributed by atoms with Crippen LogP contribution in [0.25, 0.3) is 0 Å². The third-order valence-electron chi connectivity index (χ3n) is 2.70. The van der Waals surface area contributed by atoms with Gasteiger partial charge in [-0.2, -0.15) is 0 Å². The second-order valence-electron chi connectivity index (χ2n) is 4.09. The first-order chi connectivity index (χ1) is 9.47. The second kappa shape index (κ2) is 5.66. The normalized spacial score (nSPS) is 10.2. The van der Waals surface area contributed by atoms with Gasteiger partial charge in [-0.15, -0.1) is 0 Å². The molecule has 2 aromatic rings. The molecule has 3 N–H and O–H groups in total. The van der Waals surface area contributed by atoms with Crippen molar-refractivity contribution < 1.29 is 15.1 Å². The van der Waals surface area contributed by atoms with Gasteiger partial charge in [0, 0.05) is 30.3 Å². The van der Waals surface area contributed by atoms with Crippen LogP contribution in [0, 0.1) is 10.1 Å². The molecule has 0 spiro atoms. The highest BCUT2D eigenvalue weighted by molar-refractivity contribution is 6.33. The van der Waals surface area contributed by atoms with Crippen LogP contribution in [0.1, 0.15) is 5.56 Å². The standard InChI is InChI=1S/C13H11ClN2O4/c14-11-5-9(16(19)20)2-4-12(11)15-7-8-1-3-10(17)6-13(8)18/h1-6,15,17-18H,7H2. The Hall–Kier alpha value is -2.47. The van der Waals surface area contributed by atoms with Crippen LogP contribution in [0.15, 0.2) is 36.4 Å². The molecule has 0 atom stereocenters. The van der Waals surface area contributed by atoms with E-state index < -0.39 is 4.92 Å². The van der Waals surface area contributed by atoms with E-state index in [0.717, 1.165) is 0 Å². The number of rotatable bonds is 4. The molecule has 0 amide bonds. The molecule has 0 aliphatic rings. The summed E-state index contributed by atoms with van der Waals surface area (Å²) >= 11 is 5.94. The van der Waals surface area contributed by atoms with E-state index in [9.17, 15) is 20.3 Å². The minimum Gasteiger partial charge on any atom is -0.508 e. The Morgan fingerprint density at radius 2 is 1.95 bits per heavy atom. The Bertz CT molecular complexity index is 661. The lowest BCUT2D eigenvalue weighted by molar-refractivity contribution is -0.384. The predicted octanol–water partition coefficient (Wildman–Crippen LogP) is 3.27. The molecule has 2 aromatic carbocycles. The third kappa shape index (κ3) is 3.10. The highest BCUT2D eigenvalue weighted by atomic mass is 35.5. The zero-order valence-electron chi connectivity index (χ0n) is 10.2. The lowest BCUT2D eigenvalue weighted by Crippen LogP contribution is -2.00. The summed E-state index contributed by atoms with van der Waals surface area (Å²) in [5, 5.41) is 32.6. The average Bonchev–Trinajstić information content (AvgIpc) is 2.38. The summed E-state index contributed by atoms with van der Waals surface area (Å²) in [4.78, 5) is 10.1. The fraction of sp³-hybridized carbons (Fsp3) is 0.0769. The fourth-order valence-corrected chi connectivity index (χ4v) is 1.89. The molecule has 0 unspecified atom stereocenters. The van der Waals surface area contributed by atoms with Crippen molar-refractivity contribution in [3.05, 3.63) is 57.1 Å². The van der Waals surface area contributed by atoms with E-state index in [1.807, 2.05) is 0 Å². The summed E-state index contributed by atoms with van der Waals surface area (Å²) in [5.74, 6) is -0.0739. The minimum atomic E-state index is -0.526. The molecular formula is C13H11ClN2O4. The van der Waals surface area contributed by atoms with Gasteiger partial charge in [-0.05, 0) is 18.2 Å². The van der Waals surface area contributed by atoms with Crippen LogP contribution in [0.5, 0.6) is 11.5 Å². The number of nitrogens with zero attached hydrogens (tertiary/aromatic N) is 1. The molecule has 20 heavy (non-hydrogen) atoms. The molecule has 6 nitrogen and oxygen atoms in total. The first-order valence-corrected chi connectivity index (χ1v) is 6.04. The smallest absolute Gasteiger partial charge is 0.271 e. The highest BCUT2D eigenvalue weighted by Gasteiger charge is 2.10. The average molecular weight is 295 g/mol. The van der Waals surface area contributed by atoms with Gasteiger partial charge in [0.25, 0.3) is 5.69 Å². The van der Waals surface area contributed by atoms with Crippen LogP contribution >= 0.6 is 11.6 Å². The van der Waals surface area contributed by atoms with E-state index in [1.165, 1.54) is 30.3 Å². The van der Waals surface area contributed by atoms with Gasteiger partial charge in [0.2, 0.25) is 0 Å². The fourth-order valence-electron chi connectivity index (χ4n) is 1.65. The van der Waals surface area contributed by atoms with Crippen molar-refractivity contribution >= 4 is 23.0 Å². The zero-order valence-corrected chi connectivity index (χ0v) is 11.0. The summed E-state index contributed by atoms with van der Waals surface area (Å²) < 4.78 is 0. The summed E-state index contributed by atoms with van der Waals surface area (Å²) in [6.45, 7) is 0.268. The van der Waals surface area contributed by atoms with E-state index >= 15 is 0 Å². The molecule has 2 rings (SSSR count). The number of nitro benzene ring substituents is 1. The lowest BCUT2D eigenvalue weighted by Gasteiger charge is -2.09. The maximum Gasteiger partial charge on any atom is 0.271 e. The van der Waals surface area contributed by atoms with Crippen molar-refractivity contribution in [1.29, 1.82) is 0 Å². The highest BCUT2D eigenvalue weighted by Crippen LogP contribution is 2.28. The molecule has 0 fully saturated rings. The van der Waals surface area contributed by atoms with E-state index in [1.54, 1.807) is 6.07 Å². The van der Waals surface area contributed by atoms with Gasteiger partial charge in [-0.1, -0.05) is 11.6 Å². The molecule has 0 saturated heterocycles. The van der Waals surface area contributed by atoms with Crippen molar-refractivity contribution in [2.24, 2.45) is 0 Å². The largest absolute Gasteiger partial charge is 0.508 e. The number of anilines is 1. The number of nitrogens with one attached hydrogen (secondary N) is 1. The molecule has 0 saturated carbocycles. The lowest BCUT2D eigenvalue weighted by atomic mass is 10.2. The minimum absolute atomic E-state index is 0.0281. The molecule has 0 radical (unpaired) electrons. The van der Waals surface area contributed by atoms with Crippen LogP contribution in [-0.2, 0) is 6.54 Å². The van der Waals surface area contributed by atoms with Gasteiger partial charge in [-0.3, -0.25) is 10.1 Å². The number of phenols is 2. The number of aromatic hydroxyl groups is 2. The number of non-ortho nitro benzene ring substituents is 1. The molecule has 0 aromatic heterocycles. The van der Waals surface area contributed by atoms with Gasteiger partial charge in [0.15, 0.2) is 0 Å². The first kappa shape index (κ1) is 14.0. The van der Waals surface area contributed by atoms with Crippen molar-refractivity contribution in [2.45, 2.75) is 6.54 Å². The molecule has 0 heterocycles. The summed E-state index contributed by atoms with van der Waals surface area (Å²) in [5.41, 5.74) is 0.995. The summed E-state index contributed by atoms with van der Waals surface area (Å²) in [7, 11) is 0. The summed E-state index contributed by atoms with van der Waals surface area (Å²) in [6.07, 6.45) is 0. The predicted molar refractivity (Wildman–Crippen MR) is 75.2 cm³/mol. The molecule has 7 heteroatoms. The molecule has 104 valence electrons. The van der Waals surface area contributed by atoms with E-state index in [2.05, 4.69) is 5.32 Å². The first-order valence-electron chi connectivity index (χ1n) is 5.66. The molecule has 0 aliphatic carbocycles. The van der Waals surface area contributed by atoms with E-state index in [4.69, 9.17) is 11.6 Å². The third-order valence-corrected chi connectivity index (χ3v) is 3.01. The Labute approximate surface area is 119 Å². The Balaban J connectivity index is 2.13. The van der Waals surface area contributed by atoms with Crippen molar-refractivity contribution in [3.8, 4) is 11.5 Å². The van der Waals surface area contributed by atoms with Crippen LogP contribution < -0.4 is 5.32 Å². The van der Waals surface area contributed by atoms with Crippen molar-refractivity contribution in [3.63, 3.8) is 0 Å². The molecule has 0 bridgehead atoms. The monoisotopic (exact) mass is 294 g/mol. The Morgan fingerprint density at radius 1 is 1.20 bits per heavy atom. The van der Waals surface area contributed by atoms with E-state index in [-0.39, 0.29) is 28.8 Å². The van der Waals surface area contributed by atoms with Gasteiger partial charge in [0.05, 0.1) is 15.6 Å². The topological polar surface area (TPSA) is 95.6 Å². The molecule has 0 aliphatic heterocycles. The van der Waals surface area contributed by atoms with Crippen molar-refractivity contribution in [2.75, 3.05) is 5.32 Å². The molecular weight excluding hydrogens is 284 g/mol. The van der Waals surface area contributed by atoms with Gasteiger partial charge >= 0.3 is 0 Å². The van der Waals surface area contributed by atoms with Crippen LogP contribution in [-0.4, -0.2) is 15.1 Å². The second-order valence-corrected chi connectivity index (χ2v) is 4.50.